The third kappa shape index (κ3) is 20.7. The summed E-state index contributed by atoms with van der Waals surface area (Å²) in [5, 5.41) is 0. The molecule has 0 atom stereocenters. The first-order valence-corrected chi connectivity index (χ1v) is 24.8. The Morgan fingerprint density at radius 2 is 1.00 bits per heavy atom. The number of rotatable bonds is 0. The second kappa shape index (κ2) is 6.59. The maximum atomic E-state index is 3.33. The molecule has 0 spiro atoms. The van der Waals surface area contributed by atoms with E-state index in [0.29, 0.717) is 0 Å². The van der Waals surface area contributed by atoms with Crippen LogP contribution in [0.2, 0.25) is 0 Å². The second-order valence-corrected chi connectivity index (χ2v) is 48.6. The van der Waals surface area contributed by atoms with Gasteiger partial charge in [0.05, 0.1) is 0 Å². The summed E-state index contributed by atoms with van der Waals surface area (Å²) in [5.74, 6) is 0. The molecular weight excluding hydrogens is 395 g/mol. The van der Waals surface area contributed by atoms with Gasteiger partial charge in [0.2, 0.25) is 0 Å². The van der Waals surface area contributed by atoms with Crippen molar-refractivity contribution >= 4 is 30.5 Å². The van der Waals surface area contributed by atoms with Gasteiger partial charge in [0.25, 0.3) is 0 Å². The maximum absolute atomic E-state index is 3.33. The second-order valence-electron chi connectivity index (χ2n) is 0.247. The third-order valence-corrected chi connectivity index (χ3v) is 0. The van der Waals surface area contributed by atoms with Gasteiger partial charge < -0.3 is 5.48 Å². The molecule has 0 radical (unpaired) electrons. The molecule has 5 heteroatoms. The molecule has 0 aromatic carbocycles. The van der Waals surface area contributed by atoms with Crippen LogP contribution in [0.4, 0.5) is 0 Å². The van der Waals surface area contributed by atoms with Crippen LogP contribution in [0.1, 0.15) is 0 Å². The van der Waals surface area contributed by atoms with E-state index in [-0.39, 0.29) is 5.48 Å². The summed E-state index contributed by atoms with van der Waals surface area (Å²) in [5.41, 5.74) is 0. The molecule has 2 N–H and O–H groups in total. The summed E-state index contributed by atoms with van der Waals surface area (Å²) >= 11 is -1.28. The predicted octanol–water partition coefficient (Wildman–Crippen LogP) is 1.71. The van der Waals surface area contributed by atoms with Crippen LogP contribution in [0.5, 0.6) is 0 Å². The van der Waals surface area contributed by atoms with Gasteiger partial charge in [-0.2, -0.15) is 0 Å². The van der Waals surface area contributed by atoms with Crippen molar-refractivity contribution in [2.45, 2.75) is 0 Å². The van der Waals surface area contributed by atoms with E-state index in [9.17, 15) is 0 Å². The summed E-state index contributed by atoms with van der Waals surface area (Å²) in [6, 6.07) is 0. The van der Waals surface area contributed by atoms with Crippen LogP contribution in [0.15, 0.2) is 0 Å². The zero-order valence-corrected chi connectivity index (χ0v) is 10.6. The van der Waals surface area contributed by atoms with Crippen molar-refractivity contribution in [1.29, 1.82) is 0 Å². The molecule has 0 saturated carbocycles. The van der Waals surface area contributed by atoms with E-state index in [2.05, 4.69) is 30.5 Å². The molecule has 0 aliphatic carbocycles. The molecule has 0 bridgehead atoms. The summed E-state index contributed by atoms with van der Waals surface area (Å²) in [6.07, 6.45) is 0. The average Bonchev–Trinajstić information content (AvgIpc) is 0.811. The van der Waals surface area contributed by atoms with Gasteiger partial charge in [0, 0.05) is 0 Å². The summed E-state index contributed by atoms with van der Waals surface area (Å²) < 4.78 is 0. The first-order valence-electron chi connectivity index (χ1n) is 0.655. The van der Waals surface area contributed by atoms with Crippen LogP contribution in [-0.4, -0.2) is 5.48 Å². The van der Waals surface area contributed by atoms with Gasteiger partial charge >= 0.3 is 52.0 Å². The van der Waals surface area contributed by atoms with Gasteiger partial charge in [-0.1, -0.05) is 0 Å². The minimum atomic E-state index is -1.28. The molecule has 0 fully saturated rings. The molecule has 0 aliphatic heterocycles. The zero-order chi connectivity index (χ0) is 3.58. The summed E-state index contributed by atoms with van der Waals surface area (Å²) in [7, 11) is 9.98. The molecular formula is H2Br3LaO. The van der Waals surface area contributed by atoms with Gasteiger partial charge in [-0.3, -0.25) is 0 Å². The van der Waals surface area contributed by atoms with Crippen LogP contribution >= 0.6 is 30.5 Å². The number of halogens is 3. The van der Waals surface area contributed by atoms with Gasteiger partial charge in [0.15, 0.2) is 0 Å². The standard InChI is InChI=1S/3BrH.La.H2O/h3*1H;;1H2/q;;;+3;/p-3. The SMILES string of the molecule is O.[Br][La]([Br])[Br]. The number of hydrogen-bond donors (Lipinski definition) is 0. The topological polar surface area (TPSA) is 31.5 Å². The van der Waals surface area contributed by atoms with Crippen molar-refractivity contribution in [1.82, 2.24) is 0 Å². The van der Waals surface area contributed by atoms with Crippen LogP contribution in [0, 0.1) is 21.5 Å². The molecule has 0 heterocycles. The Hall–Kier alpha value is 2.59. The molecule has 0 aromatic rings. The zero-order valence-electron chi connectivity index (χ0n) is 2.21. The van der Waals surface area contributed by atoms with Crippen LogP contribution < -0.4 is 0 Å². The first-order chi connectivity index (χ1) is 1.73. The molecule has 0 aliphatic rings. The summed E-state index contributed by atoms with van der Waals surface area (Å²) in [4.78, 5) is 0. The molecule has 0 rings (SSSR count). The van der Waals surface area contributed by atoms with Crippen LogP contribution in [-0.2, 0) is 0 Å². The van der Waals surface area contributed by atoms with Crippen molar-refractivity contribution in [2.24, 2.45) is 0 Å². The van der Waals surface area contributed by atoms with E-state index in [1.165, 1.54) is 0 Å². The van der Waals surface area contributed by atoms with E-state index < -0.39 is 21.5 Å². The Bertz CT molecular complexity index is 11.6. The van der Waals surface area contributed by atoms with Gasteiger partial charge in [-0.05, 0) is 0 Å². The molecule has 0 saturated heterocycles. The Morgan fingerprint density at radius 3 is 1.00 bits per heavy atom. The van der Waals surface area contributed by atoms with Crippen LogP contribution in [0.3, 0.4) is 0 Å². The first kappa shape index (κ1) is 10.6. The summed E-state index contributed by atoms with van der Waals surface area (Å²) in [6.45, 7) is 0. The van der Waals surface area contributed by atoms with E-state index in [1.807, 2.05) is 0 Å². The minimum absolute atomic E-state index is 0. The fourth-order valence-corrected chi connectivity index (χ4v) is 0. The molecule has 32 valence electrons. The van der Waals surface area contributed by atoms with Crippen molar-refractivity contribution in [3.63, 3.8) is 0 Å². The normalized spacial score (nSPS) is 5.40. The Kier molecular flexibility index (Phi) is 13.9. The van der Waals surface area contributed by atoms with E-state index in [1.54, 1.807) is 0 Å². The Labute approximate surface area is 56.0 Å². The molecule has 0 aromatic heterocycles. The Balaban J connectivity index is 0. The fraction of sp³-hybridized carbons (Fsp3) is 0. The third-order valence-electron chi connectivity index (χ3n) is 0. The van der Waals surface area contributed by atoms with Crippen molar-refractivity contribution in [3.8, 4) is 0 Å². The molecule has 1 nitrogen and oxygen atoms in total. The van der Waals surface area contributed by atoms with E-state index in [4.69, 9.17) is 0 Å². The average molecular weight is 397 g/mol. The van der Waals surface area contributed by atoms with Gasteiger partial charge in [-0.15, -0.1) is 0 Å². The molecule has 5 heavy (non-hydrogen) atoms. The predicted molar refractivity (Wildman–Crippen MR) is 30.4 cm³/mol. The molecule has 0 amide bonds. The van der Waals surface area contributed by atoms with Crippen molar-refractivity contribution in [3.05, 3.63) is 0 Å². The van der Waals surface area contributed by atoms with Gasteiger partial charge in [-0.25, -0.2) is 0 Å². The van der Waals surface area contributed by atoms with Crippen molar-refractivity contribution in [2.75, 3.05) is 0 Å². The van der Waals surface area contributed by atoms with E-state index >= 15 is 0 Å². The Morgan fingerprint density at radius 1 is 1.00 bits per heavy atom. The van der Waals surface area contributed by atoms with Gasteiger partial charge in [0.1, 0.15) is 0 Å². The number of hydrogen-bond acceptors (Lipinski definition) is 0. The molecule has 0 unspecified atom stereocenters. The quantitative estimate of drug-likeness (QED) is 0.597. The fourth-order valence-electron chi connectivity index (χ4n) is 0. The van der Waals surface area contributed by atoms with Crippen LogP contribution in [0.25, 0.3) is 0 Å². The van der Waals surface area contributed by atoms with E-state index in [0.717, 1.165) is 0 Å². The monoisotopic (exact) mass is 394 g/mol. The van der Waals surface area contributed by atoms with Crippen molar-refractivity contribution < 1.29 is 27.0 Å².